The van der Waals surface area contributed by atoms with Gasteiger partial charge in [-0.05, 0) is 94.0 Å². The summed E-state index contributed by atoms with van der Waals surface area (Å²) in [5.41, 5.74) is 14.0. The molecule has 11 aromatic rings. The molecule has 0 saturated carbocycles. The van der Waals surface area contributed by atoms with Crippen molar-refractivity contribution in [2.45, 2.75) is 19.3 Å². The Morgan fingerprint density at radius 2 is 1.16 bits per heavy atom. The van der Waals surface area contributed by atoms with E-state index in [0.29, 0.717) is 0 Å². The van der Waals surface area contributed by atoms with E-state index in [4.69, 9.17) is 8.83 Å². The van der Waals surface area contributed by atoms with Crippen molar-refractivity contribution in [1.29, 1.82) is 0 Å². The van der Waals surface area contributed by atoms with Crippen LogP contribution in [0.3, 0.4) is 0 Å². The van der Waals surface area contributed by atoms with Gasteiger partial charge in [0.05, 0.1) is 5.69 Å². The van der Waals surface area contributed by atoms with Gasteiger partial charge in [0.1, 0.15) is 16.7 Å². The highest BCUT2D eigenvalue weighted by molar-refractivity contribution is 7.26. The maximum absolute atomic E-state index is 7.06. The number of hydrogen-bond acceptors (Lipinski definition) is 4. The Morgan fingerprint density at radius 3 is 2.05 bits per heavy atom. The molecule has 3 nitrogen and oxygen atoms in total. The van der Waals surface area contributed by atoms with Gasteiger partial charge in [0.15, 0.2) is 5.58 Å². The van der Waals surface area contributed by atoms with Gasteiger partial charge in [0.25, 0.3) is 0 Å². The molecule has 0 bridgehead atoms. The topological polar surface area (TPSA) is 29.5 Å². The molecule has 0 fully saturated rings. The molecule has 0 amide bonds. The second-order valence-corrected chi connectivity index (χ2v) is 16.3. The molecule has 260 valence electrons. The van der Waals surface area contributed by atoms with Gasteiger partial charge in [0, 0.05) is 58.5 Å². The Labute approximate surface area is 321 Å². The van der Waals surface area contributed by atoms with Crippen molar-refractivity contribution in [3.63, 3.8) is 0 Å². The summed E-state index contributed by atoms with van der Waals surface area (Å²) in [6, 6.07) is 59.1. The first kappa shape index (κ1) is 30.8. The van der Waals surface area contributed by atoms with Crippen LogP contribution in [0, 0.1) is 0 Å². The van der Waals surface area contributed by atoms with Crippen molar-refractivity contribution in [2.24, 2.45) is 0 Å². The highest BCUT2D eigenvalue weighted by Gasteiger charge is 2.36. The summed E-state index contributed by atoms with van der Waals surface area (Å²) in [6.45, 7) is 4.69. The molecule has 1 aliphatic rings. The molecular weight excluding hydrogens is 691 g/mol. The second-order valence-electron chi connectivity index (χ2n) is 15.2. The third kappa shape index (κ3) is 4.31. The second kappa shape index (κ2) is 11.2. The number of fused-ring (bicyclic) bond motifs is 13. The van der Waals surface area contributed by atoms with Crippen LogP contribution in [0.15, 0.2) is 173 Å². The predicted octanol–water partition coefficient (Wildman–Crippen LogP) is 15.3. The van der Waals surface area contributed by atoms with E-state index < -0.39 is 0 Å². The van der Waals surface area contributed by atoms with E-state index in [1.165, 1.54) is 48.0 Å². The molecule has 4 heteroatoms. The standard InChI is InChI=1S/C51H33NO2S/c1-51(2)40-20-9-6-15-34(40)35-24-23-32(29-41(35)51)52(31-13-4-3-5-14-31)42-28-30(33-18-12-19-37-36-16-8-11-22-46(36)55-50(33)37)27-39-48-45(54-49(39)42)26-25-44-47(48)38-17-7-10-21-43(38)53-44/h3-29H,1-2H3. The minimum absolute atomic E-state index is 0.147. The first-order valence-corrected chi connectivity index (χ1v) is 19.7. The van der Waals surface area contributed by atoms with Crippen molar-refractivity contribution in [2.75, 3.05) is 4.90 Å². The average Bonchev–Trinajstić information content (AvgIpc) is 3.96. The van der Waals surface area contributed by atoms with Crippen LogP contribution in [0.1, 0.15) is 25.0 Å². The molecule has 12 rings (SSSR count). The van der Waals surface area contributed by atoms with Crippen LogP contribution >= 0.6 is 11.3 Å². The normalized spacial score (nSPS) is 13.4. The lowest BCUT2D eigenvalue weighted by Gasteiger charge is -2.28. The first-order chi connectivity index (χ1) is 27.0. The van der Waals surface area contributed by atoms with Gasteiger partial charge in [-0.2, -0.15) is 0 Å². The minimum atomic E-state index is -0.147. The smallest absolute Gasteiger partial charge is 0.159 e. The van der Waals surface area contributed by atoms with Crippen molar-refractivity contribution >= 4 is 92.4 Å². The Hall–Kier alpha value is -6.62. The zero-order valence-corrected chi connectivity index (χ0v) is 31.1. The zero-order chi connectivity index (χ0) is 36.4. The molecule has 8 aromatic carbocycles. The quantitative estimate of drug-likeness (QED) is 0.181. The molecule has 1 aliphatic carbocycles. The van der Waals surface area contributed by atoms with Crippen LogP contribution in [-0.4, -0.2) is 0 Å². The maximum atomic E-state index is 7.06. The lowest BCUT2D eigenvalue weighted by molar-refractivity contribution is 0.660. The van der Waals surface area contributed by atoms with Crippen molar-refractivity contribution < 1.29 is 8.83 Å². The minimum Gasteiger partial charge on any atom is -0.456 e. The highest BCUT2D eigenvalue weighted by Crippen LogP contribution is 2.53. The monoisotopic (exact) mass is 723 g/mol. The van der Waals surface area contributed by atoms with Crippen LogP contribution in [0.2, 0.25) is 0 Å². The Balaban J connectivity index is 1.20. The molecule has 0 radical (unpaired) electrons. The predicted molar refractivity (Wildman–Crippen MR) is 232 cm³/mol. The van der Waals surface area contributed by atoms with E-state index in [-0.39, 0.29) is 5.41 Å². The molecule has 0 atom stereocenters. The van der Waals surface area contributed by atoms with E-state index in [2.05, 4.69) is 164 Å². The summed E-state index contributed by atoms with van der Waals surface area (Å²) in [6.07, 6.45) is 0. The van der Waals surface area contributed by atoms with Gasteiger partial charge in [-0.25, -0.2) is 0 Å². The van der Waals surface area contributed by atoms with E-state index in [9.17, 15) is 0 Å². The van der Waals surface area contributed by atoms with Crippen LogP contribution in [0.5, 0.6) is 0 Å². The van der Waals surface area contributed by atoms with Gasteiger partial charge in [0.2, 0.25) is 0 Å². The Bertz CT molecular complexity index is 3360. The van der Waals surface area contributed by atoms with Crippen LogP contribution in [0.4, 0.5) is 17.1 Å². The van der Waals surface area contributed by atoms with Crippen LogP contribution in [-0.2, 0) is 5.41 Å². The fourth-order valence-electron chi connectivity index (χ4n) is 9.30. The highest BCUT2D eigenvalue weighted by atomic mass is 32.1. The molecule has 3 aromatic heterocycles. The van der Waals surface area contributed by atoms with Gasteiger partial charge in [-0.1, -0.05) is 117 Å². The van der Waals surface area contributed by atoms with Crippen molar-refractivity contribution in [1.82, 2.24) is 0 Å². The number of hydrogen-bond donors (Lipinski definition) is 0. The number of nitrogens with zero attached hydrogens (tertiary/aromatic N) is 1. The van der Waals surface area contributed by atoms with E-state index in [0.717, 1.165) is 66.5 Å². The summed E-state index contributed by atoms with van der Waals surface area (Å²) in [7, 11) is 0. The Kier molecular flexibility index (Phi) is 6.27. The summed E-state index contributed by atoms with van der Waals surface area (Å²) in [5, 5.41) is 6.87. The van der Waals surface area contributed by atoms with Crippen LogP contribution < -0.4 is 4.90 Å². The van der Waals surface area contributed by atoms with Crippen molar-refractivity contribution in [3.8, 4) is 22.3 Å². The Morgan fingerprint density at radius 1 is 0.473 bits per heavy atom. The molecule has 0 saturated heterocycles. The fourth-order valence-corrected chi connectivity index (χ4v) is 10.5. The number of para-hydroxylation sites is 2. The molecular formula is C51H33NO2S. The third-order valence-electron chi connectivity index (χ3n) is 11.9. The number of benzene rings is 8. The maximum Gasteiger partial charge on any atom is 0.159 e. The molecule has 55 heavy (non-hydrogen) atoms. The van der Waals surface area contributed by atoms with Gasteiger partial charge >= 0.3 is 0 Å². The number of thiophene rings is 1. The molecule has 3 heterocycles. The van der Waals surface area contributed by atoms with Crippen LogP contribution in [0.25, 0.3) is 86.3 Å². The first-order valence-electron chi connectivity index (χ1n) is 18.8. The number of rotatable bonds is 4. The van der Waals surface area contributed by atoms with E-state index >= 15 is 0 Å². The molecule has 0 aliphatic heterocycles. The van der Waals surface area contributed by atoms with E-state index in [1.54, 1.807) is 0 Å². The molecule has 0 N–H and O–H groups in total. The number of anilines is 3. The number of furan rings is 2. The van der Waals surface area contributed by atoms with E-state index in [1.807, 2.05) is 29.5 Å². The van der Waals surface area contributed by atoms with Gasteiger partial charge < -0.3 is 13.7 Å². The largest absolute Gasteiger partial charge is 0.456 e. The average molecular weight is 724 g/mol. The zero-order valence-electron chi connectivity index (χ0n) is 30.3. The lowest BCUT2D eigenvalue weighted by atomic mass is 9.82. The van der Waals surface area contributed by atoms with Gasteiger partial charge in [-0.3, -0.25) is 0 Å². The summed E-state index contributed by atoms with van der Waals surface area (Å²) >= 11 is 1.86. The molecule has 0 unspecified atom stereocenters. The SMILES string of the molecule is CC1(C)c2ccccc2-c2ccc(N(c3ccccc3)c3cc(-c4cccc5c4sc4ccccc45)cc4c3oc3ccc5oc6ccccc6c5c34)cc21. The summed E-state index contributed by atoms with van der Waals surface area (Å²) in [4.78, 5) is 2.39. The molecule has 0 spiro atoms. The summed E-state index contributed by atoms with van der Waals surface area (Å²) < 4.78 is 16.1. The van der Waals surface area contributed by atoms with Crippen molar-refractivity contribution in [3.05, 3.63) is 175 Å². The third-order valence-corrected chi connectivity index (χ3v) is 13.1. The fraction of sp³-hybridized carbons (Fsp3) is 0.0588. The lowest BCUT2D eigenvalue weighted by Crippen LogP contribution is -2.16. The summed E-state index contributed by atoms with van der Waals surface area (Å²) in [5.74, 6) is 0. The van der Waals surface area contributed by atoms with Gasteiger partial charge in [-0.15, -0.1) is 11.3 Å².